The Bertz CT molecular complexity index is 1370. The standard InChI is InChI=1S/C28H26N4O2/c1-17-12-14-22(15-13-17)32-26-23(19(3)31-32)24(21-11-7-8-18(2)16-21)25(28(34)30-26)29-27(33)20-9-5-4-6-10-20/h4-16,24-25H,1-3H3,(H,29,33)(H,30,34)/t24-,25+/m0/s1. The predicted octanol–water partition coefficient (Wildman–Crippen LogP) is 4.68. The quantitative estimate of drug-likeness (QED) is 0.474. The van der Waals surface area contributed by atoms with Crippen molar-refractivity contribution in [2.75, 3.05) is 5.32 Å². The van der Waals surface area contributed by atoms with Gasteiger partial charge in [-0.2, -0.15) is 5.10 Å². The van der Waals surface area contributed by atoms with Crippen molar-refractivity contribution in [3.63, 3.8) is 0 Å². The maximum absolute atomic E-state index is 13.5. The van der Waals surface area contributed by atoms with Crippen molar-refractivity contribution in [3.8, 4) is 5.69 Å². The van der Waals surface area contributed by atoms with Crippen molar-refractivity contribution in [2.24, 2.45) is 0 Å². The van der Waals surface area contributed by atoms with Gasteiger partial charge >= 0.3 is 0 Å². The van der Waals surface area contributed by atoms with E-state index in [0.29, 0.717) is 11.4 Å². The van der Waals surface area contributed by atoms with E-state index < -0.39 is 6.04 Å². The van der Waals surface area contributed by atoms with Crippen LogP contribution in [0.15, 0.2) is 78.9 Å². The van der Waals surface area contributed by atoms with Crippen molar-refractivity contribution in [3.05, 3.63) is 112 Å². The highest BCUT2D eigenvalue weighted by atomic mass is 16.2. The molecule has 0 bridgehead atoms. The molecule has 0 radical (unpaired) electrons. The third kappa shape index (κ3) is 3.88. The average Bonchev–Trinajstić information content (AvgIpc) is 3.16. The molecule has 0 aliphatic carbocycles. The van der Waals surface area contributed by atoms with Crippen molar-refractivity contribution >= 4 is 17.6 Å². The van der Waals surface area contributed by atoms with Crippen LogP contribution in [0.5, 0.6) is 0 Å². The van der Waals surface area contributed by atoms with Gasteiger partial charge in [0.1, 0.15) is 11.9 Å². The largest absolute Gasteiger partial charge is 0.339 e. The second kappa shape index (κ2) is 8.63. The van der Waals surface area contributed by atoms with Crippen LogP contribution in [0.25, 0.3) is 5.69 Å². The number of aryl methyl sites for hydroxylation is 3. The van der Waals surface area contributed by atoms with Crippen LogP contribution in [0.2, 0.25) is 0 Å². The summed E-state index contributed by atoms with van der Waals surface area (Å²) in [5, 5.41) is 10.8. The summed E-state index contributed by atoms with van der Waals surface area (Å²) in [6.07, 6.45) is 0. The Kier molecular flexibility index (Phi) is 5.49. The number of hydrogen-bond donors (Lipinski definition) is 2. The number of anilines is 1. The molecule has 0 unspecified atom stereocenters. The topological polar surface area (TPSA) is 76.0 Å². The van der Waals surface area contributed by atoms with Gasteiger partial charge in [-0.1, -0.05) is 65.7 Å². The molecular formula is C28H26N4O2. The van der Waals surface area contributed by atoms with Crippen LogP contribution in [0.3, 0.4) is 0 Å². The van der Waals surface area contributed by atoms with Gasteiger partial charge in [-0.25, -0.2) is 4.68 Å². The molecule has 3 aromatic carbocycles. The smallest absolute Gasteiger partial charge is 0.251 e. The molecule has 170 valence electrons. The Balaban J connectivity index is 1.63. The monoisotopic (exact) mass is 450 g/mol. The minimum absolute atomic E-state index is 0.267. The first-order valence-electron chi connectivity index (χ1n) is 11.3. The summed E-state index contributed by atoms with van der Waals surface area (Å²) in [7, 11) is 0. The van der Waals surface area contributed by atoms with E-state index in [0.717, 1.165) is 33.6 Å². The molecule has 2 heterocycles. The van der Waals surface area contributed by atoms with Gasteiger partial charge in [0.05, 0.1) is 11.4 Å². The molecule has 1 aliphatic rings. The number of fused-ring (bicyclic) bond motifs is 1. The van der Waals surface area contributed by atoms with Crippen LogP contribution in [-0.4, -0.2) is 27.6 Å². The van der Waals surface area contributed by atoms with Gasteiger partial charge in [-0.05, 0) is 50.6 Å². The zero-order chi connectivity index (χ0) is 23.8. The number of aromatic nitrogens is 2. The van der Waals surface area contributed by atoms with Crippen LogP contribution in [-0.2, 0) is 4.79 Å². The van der Waals surface area contributed by atoms with Gasteiger partial charge in [0.2, 0.25) is 5.91 Å². The molecule has 0 saturated heterocycles. The van der Waals surface area contributed by atoms with E-state index in [-0.39, 0.29) is 17.7 Å². The molecule has 5 rings (SSSR count). The van der Waals surface area contributed by atoms with Gasteiger partial charge in [0, 0.05) is 17.0 Å². The molecule has 1 aromatic heterocycles. The average molecular weight is 451 g/mol. The summed E-state index contributed by atoms with van der Waals surface area (Å²) in [4.78, 5) is 26.5. The van der Waals surface area contributed by atoms with Crippen LogP contribution >= 0.6 is 0 Å². The highest BCUT2D eigenvalue weighted by Gasteiger charge is 2.41. The zero-order valence-electron chi connectivity index (χ0n) is 19.4. The fourth-order valence-electron chi connectivity index (χ4n) is 4.60. The van der Waals surface area contributed by atoms with Crippen LogP contribution < -0.4 is 10.6 Å². The number of nitrogens with zero attached hydrogens (tertiary/aromatic N) is 2. The molecule has 6 heteroatoms. The lowest BCUT2D eigenvalue weighted by molar-refractivity contribution is -0.118. The van der Waals surface area contributed by atoms with Gasteiger partial charge in [-0.15, -0.1) is 0 Å². The Morgan fingerprint density at radius 3 is 2.35 bits per heavy atom. The van der Waals surface area contributed by atoms with Gasteiger partial charge < -0.3 is 10.6 Å². The molecular weight excluding hydrogens is 424 g/mol. The first-order valence-corrected chi connectivity index (χ1v) is 11.3. The van der Waals surface area contributed by atoms with Crippen molar-refractivity contribution in [1.29, 1.82) is 0 Å². The first kappa shape index (κ1) is 21.6. The summed E-state index contributed by atoms with van der Waals surface area (Å²) in [6, 6.07) is 24.2. The van der Waals surface area contributed by atoms with E-state index in [1.54, 1.807) is 16.8 Å². The Morgan fingerprint density at radius 2 is 1.65 bits per heavy atom. The molecule has 2 amide bonds. The summed E-state index contributed by atoms with van der Waals surface area (Å²) in [5.74, 6) is -0.291. The van der Waals surface area contributed by atoms with Crippen LogP contribution in [0.4, 0.5) is 5.82 Å². The number of benzene rings is 3. The number of carbonyl (C=O) groups is 2. The Hall–Kier alpha value is -4.19. The molecule has 4 aromatic rings. The van der Waals surface area contributed by atoms with E-state index in [4.69, 9.17) is 5.10 Å². The van der Waals surface area contributed by atoms with Crippen LogP contribution in [0, 0.1) is 20.8 Å². The Morgan fingerprint density at radius 1 is 0.912 bits per heavy atom. The molecule has 2 N–H and O–H groups in total. The number of carbonyl (C=O) groups excluding carboxylic acids is 2. The second-order valence-electron chi connectivity index (χ2n) is 8.79. The first-order chi connectivity index (χ1) is 16.4. The van der Waals surface area contributed by atoms with E-state index in [2.05, 4.69) is 16.7 Å². The normalized spacial score (nSPS) is 17.1. The van der Waals surface area contributed by atoms with Gasteiger partial charge in [0.15, 0.2) is 0 Å². The van der Waals surface area contributed by atoms with Gasteiger partial charge in [0.25, 0.3) is 5.91 Å². The second-order valence-corrected chi connectivity index (χ2v) is 8.79. The van der Waals surface area contributed by atoms with Crippen molar-refractivity contribution in [1.82, 2.24) is 15.1 Å². The number of rotatable bonds is 4. The minimum Gasteiger partial charge on any atom is -0.339 e. The van der Waals surface area contributed by atoms with Gasteiger partial charge in [-0.3, -0.25) is 9.59 Å². The number of nitrogens with one attached hydrogen (secondary N) is 2. The predicted molar refractivity (Wildman–Crippen MR) is 132 cm³/mol. The zero-order valence-corrected chi connectivity index (χ0v) is 19.4. The van der Waals surface area contributed by atoms with E-state index in [1.807, 2.05) is 81.4 Å². The lowest BCUT2D eigenvalue weighted by atomic mass is 9.81. The van der Waals surface area contributed by atoms with Crippen molar-refractivity contribution < 1.29 is 9.59 Å². The molecule has 6 nitrogen and oxygen atoms in total. The molecule has 0 saturated carbocycles. The van der Waals surface area contributed by atoms with E-state index in [1.165, 1.54) is 0 Å². The highest BCUT2D eigenvalue weighted by molar-refractivity contribution is 6.04. The third-order valence-corrected chi connectivity index (χ3v) is 6.28. The summed E-state index contributed by atoms with van der Waals surface area (Å²) in [5.41, 5.74) is 6.28. The molecule has 0 fully saturated rings. The van der Waals surface area contributed by atoms with Crippen molar-refractivity contribution in [2.45, 2.75) is 32.7 Å². The SMILES string of the molecule is Cc1ccc(-n2nc(C)c3c2NC(=O)[C@H](NC(=O)c2ccccc2)[C@H]3c2cccc(C)c2)cc1. The summed E-state index contributed by atoms with van der Waals surface area (Å²) < 4.78 is 1.78. The maximum atomic E-state index is 13.5. The van der Waals surface area contributed by atoms with E-state index >= 15 is 0 Å². The maximum Gasteiger partial charge on any atom is 0.251 e. The number of hydrogen-bond acceptors (Lipinski definition) is 3. The Labute approximate surface area is 198 Å². The molecule has 0 spiro atoms. The molecule has 2 atom stereocenters. The summed E-state index contributed by atoms with van der Waals surface area (Å²) in [6.45, 7) is 6.00. The fourth-order valence-corrected chi connectivity index (χ4v) is 4.60. The lowest BCUT2D eigenvalue weighted by Crippen LogP contribution is -2.50. The number of amides is 2. The third-order valence-electron chi connectivity index (χ3n) is 6.28. The van der Waals surface area contributed by atoms with Crippen LogP contribution in [0.1, 0.15) is 44.2 Å². The highest BCUT2D eigenvalue weighted by Crippen LogP contribution is 2.40. The fraction of sp³-hybridized carbons (Fsp3) is 0.179. The summed E-state index contributed by atoms with van der Waals surface area (Å²) >= 11 is 0. The molecule has 34 heavy (non-hydrogen) atoms. The lowest BCUT2D eigenvalue weighted by Gasteiger charge is -2.33. The van der Waals surface area contributed by atoms with E-state index in [9.17, 15) is 9.59 Å². The minimum atomic E-state index is -0.781. The molecule has 1 aliphatic heterocycles.